The standard InChI is InChI=1S/C16H26N2O2S/c1-12(2)17-10-14-5-4-6-15(9-14)11-21(19,20)18-16-7-13(3)8-16/h4-6,9,12-13,16-18H,7-8,10-11H2,1-3H3. The van der Waals surface area contributed by atoms with Crippen molar-refractivity contribution in [1.82, 2.24) is 10.0 Å². The largest absolute Gasteiger partial charge is 0.310 e. The van der Waals surface area contributed by atoms with Gasteiger partial charge in [-0.25, -0.2) is 13.1 Å². The fourth-order valence-electron chi connectivity index (χ4n) is 2.66. The summed E-state index contributed by atoms with van der Waals surface area (Å²) in [7, 11) is -3.24. The Morgan fingerprint density at radius 2 is 1.90 bits per heavy atom. The second-order valence-corrected chi connectivity index (χ2v) is 8.26. The van der Waals surface area contributed by atoms with Crippen molar-refractivity contribution in [2.45, 2.75) is 58.0 Å². The predicted molar refractivity (Wildman–Crippen MR) is 86.4 cm³/mol. The SMILES string of the molecule is CC1CC(NS(=O)(=O)Cc2cccc(CNC(C)C)c2)C1. The van der Waals surface area contributed by atoms with Gasteiger partial charge in [0, 0.05) is 18.6 Å². The summed E-state index contributed by atoms with van der Waals surface area (Å²) in [4.78, 5) is 0. The van der Waals surface area contributed by atoms with Gasteiger partial charge in [0.05, 0.1) is 5.75 Å². The molecule has 1 aromatic rings. The topological polar surface area (TPSA) is 58.2 Å². The van der Waals surface area contributed by atoms with Crippen molar-refractivity contribution < 1.29 is 8.42 Å². The monoisotopic (exact) mass is 310 g/mol. The maximum Gasteiger partial charge on any atom is 0.216 e. The first-order valence-corrected chi connectivity index (χ1v) is 9.30. The van der Waals surface area contributed by atoms with E-state index in [4.69, 9.17) is 0 Å². The van der Waals surface area contributed by atoms with Gasteiger partial charge in [-0.05, 0) is 29.9 Å². The van der Waals surface area contributed by atoms with Crippen LogP contribution in [-0.4, -0.2) is 20.5 Å². The third-order valence-corrected chi connectivity index (χ3v) is 5.19. The van der Waals surface area contributed by atoms with Crippen LogP contribution in [0.4, 0.5) is 0 Å². The average molecular weight is 310 g/mol. The normalized spacial score (nSPS) is 22.3. The number of nitrogens with one attached hydrogen (secondary N) is 2. The number of rotatable bonds is 7. The van der Waals surface area contributed by atoms with Crippen molar-refractivity contribution in [2.24, 2.45) is 5.92 Å². The maximum atomic E-state index is 12.2. The Morgan fingerprint density at radius 3 is 2.52 bits per heavy atom. The summed E-state index contributed by atoms with van der Waals surface area (Å²) >= 11 is 0. The van der Waals surface area contributed by atoms with Gasteiger partial charge in [-0.1, -0.05) is 45.0 Å². The summed E-state index contributed by atoms with van der Waals surface area (Å²) in [5.41, 5.74) is 1.96. The Morgan fingerprint density at radius 1 is 1.24 bits per heavy atom. The summed E-state index contributed by atoms with van der Waals surface area (Å²) in [6, 6.07) is 8.34. The van der Waals surface area contributed by atoms with Crippen molar-refractivity contribution in [3.05, 3.63) is 35.4 Å². The highest BCUT2D eigenvalue weighted by Crippen LogP contribution is 2.27. The number of benzene rings is 1. The molecule has 0 unspecified atom stereocenters. The van der Waals surface area contributed by atoms with Crippen molar-refractivity contribution in [2.75, 3.05) is 0 Å². The van der Waals surface area contributed by atoms with E-state index in [-0.39, 0.29) is 11.8 Å². The van der Waals surface area contributed by atoms with Gasteiger partial charge >= 0.3 is 0 Å². The summed E-state index contributed by atoms with van der Waals surface area (Å²) < 4.78 is 27.1. The van der Waals surface area contributed by atoms with Crippen LogP contribution >= 0.6 is 0 Å². The van der Waals surface area contributed by atoms with Gasteiger partial charge in [-0.3, -0.25) is 0 Å². The molecule has 0 atom stereocenters. The van der Waals surface area contributed by atoms with E-state index in [9.17, 15) is 8.42 Å². The van der Waals surface area contributed by atoms with Gasteiger partial charge in [-0.2, -0.15) is 0 Å². The van der Waals surface area contributed by atoms with Gasteiger partial charge < -0.3 is 5.32 Å². The Labute approximate surface area is 128 Å². The minimum absolute atomic E-state index is 0.0629. The van der Waals surface area contributed by atoms with E-state index < -0.39 is 10.0 Å². The molecule has 0 amide bonds. The molecule has 0 bridgehead atoms. The fourth-order valence-corrected chi connectivity index (χ4v) is 4.07. The van der Waals surface area contributed by atoms with Crippen molar-refractivity contribution in [1.29, 1.82) is 0 Å². The van der Waals surface area contributed by atoms with E-state index in [1.54, 1.807) is 0 Å². The molecule has 0 spiro atoms. The lowest BCUT2D eigenvalue weighted by Gasteiger charge is -2.32. The lowest BCUT2D eigenvalue weighted by Crippen LogP contribution is -2.43. The van der Waals surface area contributed by atoms with Crippen LogP contribution in [0.5, 0.6) is 0 Å². The molecule has 2 N–H and O–H groups in total. The summed E-state index contributed by atoms with van der Waals surface area (Å²) in [5.74, 6) is 0.705. The van der Waals surface area contributed by atoms with Crippen LogP contribution in [-0.2, 0) is 22.3 Å². The van der Waals surface area contributed by atoms with E-state index in [0.717, 1.165) is 30.5 Å². The highest BCUT2D eigenvalue weighted by molar-refractivity contribution is 7.88. The zero-order chi connectivity index (χ0) is 15.5. The zero-order valence-corrected chi connectivity index (χ0v) is 13.9. The Hall–Kier alpha value is -0.910. The first-order valence-electron chi connectivity index (χ1n) is 7.65. The van der Waals surface area contributed by atoms with Crippen LogP contribution in [0.3, 0.4) is 0 Å². The summed E-state index contributed by atoms with van der Waals surface area (Å²) in [6.45, 7) is 7.10. The number of hydrogen-bond donors (Lipinski definition) is 2. The third-order valence-electron chi connectivity index (χ3n) is 3.78. The second kappa shape index (κ2) is 6.90. The molecule has 118 valence electrons. The van der Waals surface area contributed by atoms with E-state index in [1.165, 1.54) is 0 Å². The molecule has 4 nitrogen and oxygen atoms in total. The minimum Gasteiger partial charge on any atom is -0.310 e. The molecular weight excluding hydrogens is 284 g/mol. The lowest BCUT2D eigenvalue weighted by molar-refractivity contribution is 0.270. The van der Waals surface area contributed by atoms with Crippen LogP contribution in [0.15, 0.2) is 24.3 Å². The summed E-state index contributed by atoms with van der Waals surface area (Å²) in [6.07, 6.45) is 1.91. The molecule has 5 heteroatoms. The van der Waals surface area contributed by atoms with Gasteiger partial charge in [0.25, 0.3) is 0 Å². The minimum atomic E-state index is -3.24. The van der Waals surface area contributed by atoms with Crippen LogP contribution in [0, 0.1) is 5.92 Å². The Balaban J connectivity index is 1.93. The number of hydrogen-bond acceptors (Lipinski definition) is 3. The zero-order valence-electron chi connectivity index (χ0n) is 13.1. The Kier molecular flexibility index (Phi) is 5.41. The second-order valence-electron chi connectivity index (χ2n) is 6.51. The smallest absolute Gasteiger partial charge is 0.216 e. The molecule has 0 aromatic heterocycles. The lowest BCUT2D eigenvalue weighted by atomic mass is 9.83. The van der Waals surface area contributed by atoms with Crippen LogP contribution < -0.4 is 10.0 Å². The first kappa shape index (κ1) is 16.5. The summed E-state index contributed by atoms with van der Waals surface area (Å²) in [5, 5.41) is 3.34. The molecule has 2 rings (SSSR count). The first-order chi connectivity index (χ1) is 9.84. The van der Waals surface area contributed by atoms with Crippen LogP contribution in [0.2, 0.25) is 0 Å². The van der Waals surface area contributed by atoms with Gasteiger partial charge in [0.15, 0.2) is 0 Å². The van der Waals surface area contributed by atoms with E-state index >= 15 is 0 Å². The Bertz CT molecular complexity index is 563. The molecule has 0 heterocycles. The van der Waals surface area contributed by atoms with Crippen LogP contribution in [0.1, 0.15) is 44.7 Å². The molecule has 1 aromatic carbocycles. The van der Waals surface area contributed by atoms with E-state index in [1.807, 2.05) is 24.3 Å². The third kappa shape index (κ3) is 5.41. The molecule has 1 aliphatic rings. The predicted octanol–water partition coefficient (Wildman–Crippen LogP) is 2.40. The molecule has 1 saturated carbocycles. The van der Waals surface area contributed by atoms with Gasteiger partial charge in [0.1, 0.15) is 0 Å². The molecule has 21 heavy (non-hydrogen) atoms. The molecule has 1 fully saturated rings. The average Bonchev–Trinajstić information content (AvgIpc) is 2.34. The molecular formula is C16H26N2O2S. The van der Waals surface area contributed by atoms with Gasteiger partial charge in [-0.15, -0.1) is 0 Å². The molecule has 0 radical (unpaired) electrons. The van der Waals surface area contributed by atoms with Gasteiger partial charge in [0.2, 0.25) is 10.0 Å². The highest BCUT2D eigenvalue weighted by atomic mass is 32.2. The molecule has 0 aliphatic heterocycles. The highest BCUT2D eigenvalue weighted by Gasteiger charge is 2.29. The van der Waals surface area contributed by atoms with Crippen molar-refractivity contribution in [3.63, 3.8) is 0 Å². The maximum absolute atomic E-state index is 12.2. The van der Waals surface area contributed by atoms with Crippen molar-refractivity contribution in [3.8, 4) is 0 Å². The van der Waals surface area contributed by atoms with Crippen LogP contribution in [0.25, 0.3) is 0 Å². The number of sulfonamides is 1. The quantitative estimate of drug-likeness (QED) is 0.813. The molecule has 0 saturated heterocycles. The fraction of sp³-hybridized carbons (Fsp3) is 0.625. The molecule has 1 aliphatic carbocycles. The van der Waals surface area contributed by atoms with E-state index in [0.29, 0.717) is 12.0 Å². The van der Waals surface area contributed by atoms with E-state index in [2.05, 4.69) is 30.8 Å². The van der Waals surface area contributed by atoms with Crippen molar-refractivity contribution >= 4 is 10.0 Å².